The number of para-hydroxylation sites is 2. The maximum atomic E-state index is 12.9. The van der Waals surface area contributed by atoms with E-state index in [1.807, 2.05) is 24.3 Å². The van der Waals surface area contributed by atoms with Gasteiger partial charge in [-0.3, -0.25) is 9.59 Å². The Kier molecular flexibility index (Phi) is 6.65. The van der Waals surface area contributed by atoms with Crippen molar-refractivity contribution >= 4 is 40.4 Å². The van der Waals surface area contributed by atoms with Crippen LogP contribution in [0, 0.1) is 5.82 Å². The van der Waals surface area contributed by atoms with Crippen LogP contribution in [-0.4, -0.2) is 33.8 Å². The third kappa shape index (κ3) is 5.10. The molecule has 0 radical (unpaired) electrons. The van der Waals surface area contributed by atoms with E-state index in [9.17, 15) is 14.0 Å². The Morgan fingerprint density at radius 2 is 1.93 bits per heavy atom. The van der Waals surface area contributed by atoms with Crippen molar-refractivity contribution in [3.8, 4) is 0 Å². The number of hydrogen-bond acceptors (Lipinski definition) is 5. The SMILES string of the molecule is CCCn1c(SCC(=O)OCC(=O)Nc2ccc(F)cc2)nc2ccccc21. The fraction of sp³-hybridized carbons (Fsp3) is 0.250. The molecule has 1 heterocycles. The molecule has 0 aliphatic carbocycles. The summed E-state index contributed by atoms with van der Waals surface area (Å²) in [7, 11) is 0. The van der Waals surface area contributed by atoms with Crippen molar-refractivity contribution in [1.82, 2.24) is 9.55 Å². The number of amides is 1. The smallest absolute Gasteiger partial charge is 0.316 e. The van der Waals surface area contributed by atoms with Gasteiger partial charge >= 0.3 is 5.97 Å². The predicted molar refractivity (Wildman–Crippen MR) is 107 cm³/mol. The summed E-state index contributed by atoms with van der Waals surface area (Å²) in [5.41, 5.74) is 2.34. The van der Waals surface area contributed by atoms with E-state index in [-0.39, 0.29) is 5.75 Å². The van der Waals surface area contributed by atoms with Crippen LogP contribution in [0.15, 0.2) is 53.7 Å². The second-order valence-electron chi connectivity index (χ2n) is 6.04. The normalized spacial score (nSPS) is 10.8. The lowest BCUT2D eigenvalue weighted by molar-refractivity contribution is -0.144. The number of aromatic nitrogens is 2. The summed E-state index contributed by atoms with van der Waals surface area (Å²) >= 11 is 1.28. The fourth-order valence-corrected chi connectivity index (χ4v) is 3.48. The zero-order valence-corrected chi connectivity index (χ0v) is 16.2. The molecule has 0 atom stereocenters. The molecule has 3 aromatic rings. The van der Waals surface area contributed by atoms with Crippen LogP contribution < -0.4 is 5.32 Å². The molecule has 0 aliphatic heterocycles. The van der Waals surface area contributed by atoms with Crippen molar-refractivity contribution < 1.29 is 18.7 Å². The molecule has 146 valence electrons. The highest BCUT2D eigenvalue weighted by Crippen LogP contribution is 2.24. The van der Waals surface area contributed by atoms with Gasteiger partial charge in [0.25, 0.3) is 5.91 Å². The largest absolute Gasteiger partial charge is 0.455 e. The number of hydrogen-bond donors (Lipinski definition) is 1. The van der Waals surface area contributed by atoms with Crippen molar-refractivity contribution in [1.29, 1.82) is 0 Å². The summed E-state index contributed by atoms with van der Waals surface area (Å²) in [6, 6.07) is 13.2. The lowest BCUT2D eigenvalue weighted by Crippen LogP contribution is -2.21. The molecule has 1 aromatic heterocycles. The molecule has 8 heteroatoms. The topological polar surface area (TPSA) is 73.2 Å². The summed E-state index contributed by atoms with van der Waals surface area (Å²) in [5, 5.41) is 3.28. The number of halogens is 1. The Hall–Kier alpha value is -2.87. The molecule has 0 aliphatic rings. The summed E-state index contributed by atoms with van der Waals surface area (Å²) in [4.78, 5) is 28.4. The second-order valence-corrected chi connectivity index (χ2v) is 6.98. The van der Waals surface area contributed by atoms with Crippen LogP contribution in [-0.2, 0) is 20.9 Å². The highest BCUT2D eigenvalue weighted by atomic mass is 32.2. The van der Waals surface area contributed by atoms with Crippen molar-refractivity contribution in [2.45, 2.75) is 25.0 Å². The maximum Gasteiger partial charge on any atom is 0.316 e. The first-order valence-corrected chi connectivity index (χ1v) is 9.84. The molecule has 1 N–H and O–H groups in total. The molecule has 3 rings (SSSR count). The number of carbonyl (C=O) groups excluding carboxylic acids is 2. The van der Waals surface area contributed by atoms with Gasteiger partial charge in [0.2, 0.25) is 0 Å². The minimum Gasteiger partial charge on any atom is -0.455 e. The van der Waals surface area contributed by atoms with Gasteiger partial charge in [-0.15, -0.1) is 0 Å². The number of rotatable bonds is 8. The summed E-state index contributed by atoms with van der Waals surface area (Å²) in [6.07, 6.45) is 0.946. The minimum atomic E-state index is -0.505. The third-order valence-electron chi connectivity index (χ3n) is 3.88. The predicted octanol–water partition coefficient (Wildman–Crippen LogP) is 3.86. The minimum absolute atomic E-state index is 0.0524. The Balaban J connectivity index is 1.51. The molecule has 0 fully saturated rings. The van der Waals surface area contributed by atoms with Crippen LogP contribution in [0.25, 0.3) is 11.0 Å². The van der Waals surface area contributed by atoms with Crippen molar-refractivity contribution in [3.05, 3.63) is 54.3 Å². The quantitative estimate of drug-likeness (QED) is 0.458. The number of esters is 1. The first-order valence-electron chi connectivity index (χ1n) is 8.86. The van der Waals surface area contributed by atoms with Crippen molar-refractivity contribution in [2.24, 2.45) is 0 Å². The number of carbonyl (C=O) groups is 2. The van der Waals surface area contributed by atoms with E-state index in [1.54, 1.807) is 0 Å². The Morgan fingerprint density at radius 1 is 1.18 bits per heavy atom. The highest BCUT2D eigenvalue weighted by molar-refractivity contribution is 7.99. The van der Waals surface area contributed by atoms with Crippen LogP contribution in [0.1, 0.15) is 13.3 Å². The molecule has 6 nitrogen and oxygen atoms in total. The molecule has 0 bridgehead atoms. The number of nitrogens with one attached hydrogen (secondary N) is 1. The van der Waals surface area contributed by atoms with Gasteiger partial charge in [0.1, 0.15) is 5.82 Å². The summed E-state index contributed by atoms with van der Waals surface area (Å²) in [6.45, 7) is 2.48. The van der Waals surface area contributed by atoms with Crippen LogP contribution in [0.5, 0.6) is 0 Å². The van der Waals surface area contributed by atoms with E-state index in [4.69, 9.17) is 4.74 Å². The first kappa shape index (κ1) is 19.9. The van der Waals surface area contributed by atoms with Crippen LogP contribution >= 0.6 is 11.8 Å². The first-order chi connectivity index (χ1) is 13.6. The fourth-order valence-electron chi connectivity index (χ4n) is 2.64. The number of benzene rings is 2. The lowest BCUT2D eigenvalue weighted by Gasteiger charge is -2.08. The van der Waals surface area contributed by atoms with Gasteiger partial charge in [-0.2, -0.15) is 0 Å². The number of thioether (sulfide) groups is 1. The van der Waals surface area contributed by atoms with Crippen molar-refractivity contribution in [3.63, 3.8) is 0 Å². The molecule has 0 unspecified atom stereocenters. The standard InChI is InChI=1S/C20H20FN3O3S/c1-2-11-24-17-6-4-3-5-16(17)23-20(24)28-13-19(26)27-12-18(25)22-15-9-7-14(21)8-10-15/h3-10H,2,11-13H2,1H3,(H,22,25). The van der Waals surface area contributed by atoms with Crippen molar-refractivity contribution in [2.75, 3.05) is 17.7 Å². The van der Waals surface area contributed by atoms with E-state index in [0.717, 1.165) is 29.2 Å². The van der Waals surface area contributed by atoms with Gasteiger partial charge in [0, 0.05) is 12.2 Å². The molecule has 1 amide bonds. The van der Waals surface area contributed by atoms with Gasteiger partial charge in [0.05, 0.1) is 16.8 Å². The van der Waals surface area contributed by atoms with Gasteiger partial charge in [-0.1, -0.05) is 30.8 Å². The van der Waals surface area contributed by atoms with Gasteiger partial charge in [0.15, 0.2) is 11.8 Å². The Morgan fingerprint density at radius 3 is 2.68 bits per heavy atom. The molecule has 0 spiro atoms. The van der Waals surface area contributed by atoms with Gasteiger partial charge < -0.3 is 14.6 Å². The number of nitrogens with zero attached hydrogens (tertiary/aromatic N) is 2. The van der Waals surface area contributed by atoms with Crippen LogP contribution in [0.2, 0.25) is 0 Å². The molecule has 0 saturated carbocycles. The summed E-state index contributed by atoms with van der Waals surface area (Å²) < 4.78 is 19.9. The van der Waals surface area contributed by atoms with Gasteiger partial charge in [-0.05, 0) is 42.8 Å². The molecular weight excluding hydrogens is 381 g/mol. The number of ether oxygens (including phenoxy) is 1. The zero-order valence-electron chi connectivity index (χ0n) is 15.4. The third-order valence-corrected chi connectivity index (χ3v) is 4.83. The number of aryl methyl sites for hydroxylation is 1. The number of imidazole rings is 1. The van der Waals surface area contributed by atoms with Gasteiger partial charge in [-0.25, -0.2) is 9.37 Å². The molecule has 2 aromatic carbocycles. The maximum absolute atomic E-state index is 12.9. The van der Waals surface area contributed by atoms with E-state index >= 15 is 0 Å². The zero-order chi connectivity index (χ0) is 19.9. The lowest BCUT2D eigenvalue weighted by atomic mass is 10.3. The van der Waals surface area contributed by atoms with E-state index in [0.29, 0.717) is 5.69 Å². The Labute approximate surface area is 166 Å². The average Bonchev–Trinajstić information content (AvgIpc) is 3.04. The highest BCUT2D eigenvalue weighted by Gasteiger charge is 2.14. The number of fused-ring (bicyclic) bond motifs is 1. The second kappa shape index (κ2) is 9.36. The molecule has 28 heavy (non-hydrogen) atoms. The number of anilines is 1. The van der Waals surface area contributed by atoms with E-state index in [2.05, 4.69) is 21.8 Å². The molecule has 0 saturated heterocycles. The average molecular weight is 401 g/mol. The summed E-state index contributed by atoms with van der Waals surface area (Å²) in [5.74, 6) is -1.33. The van der Waals surface area contributed by atoms with Crippen LogP contribution in [0.3, 0.4) is 0 Å². The Bertz CT molecular complexity index is 972. The van der Waals surface area contributed by atoms with E-state index in [1.165, 1.54) is 36.0 Å². The molecular formula is C20H20FN3O3S. The monoisotopic (exact) mass is 401 g/mol. The van der Waals surface area contributed by atoms with E-state index < -0.39 is 24.3 Å². The van der Waals surface area contributed by atoms with Crippen LogP contribution in [0.4, 0.5) is 10.1 Å².